The molecule has 1 aromatic carbocycles. The molecule has 0 radical (unpaired) electrons. The summed E-state index contributed by atoms with van der Waals surface area (Å²) in [5, 5.41) is 3.13. The van der Waals surface area contributed by atoms with Crippen molar-refractivity contribution in [1.82, 2.24) is 10.2 Å². The van der Waals surface area contributed by atoms with Gasteiger partial charge in [-0.15, -0.1) is 0 Å². The highest BCUT2D eigenvalue weighted by molar-refractivity contribution is 5.18. The molecule has 1 aromatic rings. The maximum atomic E-state index is 13.3. The predicted molar refractivity (Wildman–Crippen MR) is 63.7 cm³/mol. The van der Waals surface area contributed by atoms with Crippen molar-refractivity contribution in [2.45, 2.75) is 25.4 Å². The minimum Gasteiger partial charge on any atom is -0.311 e. The zero-order chi connectivity index (χ0) is 12.3. The van der Waals surface area contributed by atoms with Gasteiger partial charge in [0.1, 0.15) is 11.6 Å². The Hall–Kier alpha value is -1.00. The molecule has 17 heavy (non-hydrogen) atoms. The van der Waals surface area contributed by atoms with E-state index >= 15 is 0 Å². The van der Waals surface area contributed by atoms with Gasteiger partial charge in [-0.05, 0) is 38.1 Å². The summed E-state index contributed by atoms with van der Waals surface area (Å²) in [5.41, 5.74) is 0.388. The third-order valence-electron chi connectivity index (χ3n) is 3.13. The van der Waals surface area contributed by atoms with E-state index in [9.17, 15) is 8.78 Å². The van der Waals surface area contributed by atoms with Crippen LogP contribution in [0.15, 0.2) is 18.2 Å². The van der Waals surface area contributed by atoms with Crippen LogP contribution >= 0.6 is 0 Å². The number of nitrogens with one attached hydrogen (secondary N) is 1. The fourth-order valence-corrected chi connectivity index (χ4v) is 1.86. The minimum absolute atomic E-state index is 0.352. The summed E-state index contributed by atoms with van der Waals surface area (Å²) in [5.74, 6) is -0.743. The van der Waals surface area contributed by atoms with E-state index in [0.717, 1.165) is 25.2 Å². The Morgan fingerprint density at radius 3 is 2.82 bits per heavy atom. The van der Waals surface area contributed by atoms with Crippen molar-refractivity contribution in [3.8, 4) is 0 Å². The maximum absolute atomic E-state index is 13.3. The number of hydrogen-bond donors (Lipinski definition) is 1. The molecule has 2 rings (SSSR count). The molecule has 0 atom stereocenters. The van der Waals surface area contributed by atoms with Crippen molar-refractivity contribution in [2.75, 3.05) is 20.1 Å². The van der Waals surface area contributed by atoms with Crippen LogP contribution in [0.1, 0.15) is 18.4 Å². The molecule has 4 heteroatoms. The smallest absolute Gasteiger partial charge is 0.127 e. The third-order valence-corrected chi connectivity index (χ3v) is 3.13. The van der Waals surface area contributed by atoms with E-state index in [4.69, 9.17) is 0 Å². The maximum Gasteiger partial charge on any atom is 0.127 e. The van der Waals surface area contributed by atoms with Gasteiger partial charge in [0.2, 0.25) is 0 Å². The summed E-state index contributed by atoms with van der Waals surface area (Å²) in [7, 11) is 2.10. The van der Waals surface area contributed by atoms with Crippen LogP contribution in [-0.2, 0) is 6.54 Å². The molecule has 0 bridgehead atoms. The van der Waals surface area contributed by atoms with Crippen molar-refractivity contribution in [1.29, 1.82) is 0 Å². The quantitative estimate of drug-likeness (QED) is 0.766. The van der Waals surface area contributed by atoms with Gasteiger partial charge in [0, 0.05) is 31.2 Å². The molecule has 0 amide bonds. The van der Waals surface area contributed by atoms with Gasteiger partial charge in [0.25, 0.3) is 0 Å². The standard InChI is InChI=1S/C13H18F2N2/c1-17(12-3-4-12)7-6-16-9-10-8-11(14)2-5-13(10)15/h2,5,8,12,16H,3-4,6-7,9H2,1H3. The SMILES string of the molecule is CN(CCNCc1cc(F)ccc1F)C1CC1. The Balaban J connectivity index is 1.71. The van der Waals surface area contributed by atoms with Crippen molar-refractivity contribution in [2.24, 2.45) is 0 Å². The second-order valence-corrected chi connectivity index (χ2v) is 4.62. The van der Waals surface area contributed by atoms with Crippen LogP contribution in [0.2, 0.25) is 0 Å². The van der Waals surface area contributed by atoms with Crippen LogP contribution < -0.4 is 5.32 Å². The Morgan fingerprint density at radius 2 is 2.12 bits per heavy atom. The van der Waals surface area contributed by atoms with E-state index in [1.54, 1.807) is 0 Å². The Labute approximate surface area is 101 Å². The molecule has 0 aromatic heterocycles. The highest BCUT2D eigenvalue weighted by Gasteiger charge is 2.25. The minimum atomic E-state index is -0.390. The molecule has 0 heterocycles. The van der Waals surface area contributed by atoms with Crippen molar-refractivity contribution in [3.63, 3.8) is 0 Å². The van der Waals surface area contributed by atoms with Crippen molar-refractivity contribution >= 4 is 0 Å². The van der Waals surface area contributed by atoms with E-state index < -0.39 is 5.82 Å². The molecular weight excluding hydrogens is 222 g/mol. The van der Waals surface area contributed by atoms with Gasteiger partial charge in [0.15, 0.2) is 0 Å². The first-order valence-electron chi connectivity index (χ1n) is 6.01. The zero-order valence-corrected chi connectivity index (χ0v) is 10.0. The van der Waals surface area contributed by atoms with E-state index in [1.807, 2.05) is 0 Å². The average Bonchev–Trinajstić information content (AvgIpc) is 3.12. The number of nitrogens with zero attached hydrogens (tertiary/aromatic N) is 1. The first kappa shape index (κ1) is 12.5. The van der Waals surface area contributed by atoms with Gasteiger partial charge in [0.05, 0.1) is 0 Å². The first-order chi connectivity index (χ1) is 8.16. The normalized spacial score (nSPS) is 15.5. The summed E-state index contributed by atoms with van der Waals surface area (Å²) in [4.78, 5) is 2.30. The molecule has 0 saturated heterocycles. The lowest BCUT2D eigenvalue weighted by molar-refractivity contribution is 0.321. The predicted octanol–water partition coefficient (Wildman–Crippen LogP) is 2.15. The van der Waals surface area contributed by atoms with Crippen molar-refractivity contribution < 1.29 is 8.78 Å². The van der Waals surface area contributed by atoms with Gasteiger partial charge in [-0.25, -0.2) is 8.78 Å². The first-order valence-corrected chi connectivity index (χ1v) is 6.01. The second-order valence-electron chi connectivity index (χ2n) is 4.62. The van der Waals surface area contributed by atoms with Crippen LogP contribution in [0.4, 0.5) is 8.78 Å². The monoisotopic (exact) mass is 240 g/mol. The Bertz CT molecular complexity index is 378. The molecule has 1 saturated carbocycles. The van der Waals surface area contributed by atoms with Gasteiger partial charge in [-0.1, -0.05) is 0 Å². The molecule has 94 valence electrons. The summed E-state index contributed by atoms with van der Waals surface area (Å²) in [6.07, 6.45) is 2.57. The fourth-order valence-electron chi connectivity index (χ4n) is 1.86. The lowest BCUT2D eigenvalue weighted by Gasteiger charge is -2.15. The van der Waals surface area contributed by atoms with Crippen LogP contribution in [0, 0.1) is 11.6 Å². The van der Waals surface area contributed by atoms with E-state index in [-0.39, 0.29) is 5.82 Å². The molecule has 1 N–H and O–H groups in total. The van der Waals surface area contributed by atoms with E-state index in [0.29, 0.717) is 12.1 Å². The van der Waals surface area contributed by atoms with Crippen LogP contribution in [0.3, 0.4) is 0 Å². The highest BCUT2D eigenvalue weighted by Crippen LogP contribution is 2.24. The number of likely N-dealkylation sites (N-methyl/N-ethyl adjacent to an activating group) is 1. The lowest BCUT2D eigenvalue weighted by atomic mass is 10.2. The fraction of sp³-hybridized carbons (Fsp3) is 0.538. The number of rotatable bonds is 6. The topological polar surface area (TPSA) is 15.3 Å². The molecule has 1 aliphatic carbocycles. The van der Waals surface area contributed by atoms with Gasteiger partial charge in [-0.3, -0.25) is 0 Å². The number of halogens is 2. The molecule has 1 fully saturated rings. The molecule has 0 aliphatic heterocycles. The summed E-state index contributed by atoms with van der Waals surface area (Å²) >= 11 is 0. The van der Waals surface area contributed by atoms with Crippen LogP contribution in [0.5, 0.6) is 0 Å². The van der Waals surface area contributed by atoms with Crippen LogP contribution in [0.25, 0.3) is 0 Å². The van der Waals surface area contributed by atoms with Crippen LogP contribution in [-0.4, -0.2) is 31.1 Å². The summed E-state index contributed by atoms with van der Waals surface area (Å²) < 4.78 is 26.2. The van der Waals surface area contributed by atoms with Gasteiger partial charge >= 0.3 is 0 Å². The summed E-state index contributed by atoms with van der Waals surface area (Å²) in [6.45, 7) is 2.12. The van der Waals surface area contributed by atoms with Gasteiger partial charge in [-0.2, -0.15) is 0 Å². The highest BCUT2D eigenvalue weighted by atomic mass is 19.1. The van der Waals surface area contributed by atoms with Gasteiger partial charge < -0.3 is 10.2 Å². The average molecular weight is 240 g/mol. The number of hydrogen-bond acceptors (Lipinski definition) is 2. The largest absolute Gasteiger partial charge is 0.311 e. The molecule has 0 spiro atoms. The lowest BCUT2D eigenvalue weighted by Crippen LogP contribution is -2.30. The number of benzene rings is 1. The Morgan fingerprint density at radius 1 is 1.35 bits per heavy atom. The van der Waals surface area contributed by atoms with E-state index in [2.05, 4.69) is 17.3 Å². The molecular formula is C13H18F2N2. The van der Waals surface area contributed by atoms with E-state index in [1.165, 1.54) is 25.0 Å². The molecule has 0 unspecified atom stereocenters. The molecule has 2 nitrogen and oxygen atoms in total. The second kappa shape index (κ2) is 5.56. The Kier molecular flexibility index (Phi) is 4.07. The third kappa shape index (κ3) is 3.75. The van der Waals surface area contributed by atoms with Crippen molar-refractivity contribution in [3.05, 3.63) is 35.4 Å². The summed E-state index contributed by atoms with van der Waals surface area (Å²) in [6, 6.07) is 4.29. The zero-order valence-electron chi connectivity index (χ0n) is 10.0. The molecule has 1 aliphatic rings.